The molecule has 0 aliphatic carbocycles. The maximum Gasteiger partial charge on any atom is 0.255 e. The van der Waals surface area contributed by atoms with Gasteiger partial charge in [-0.1, -0.05) is 12.1 Å². The smallest absolute Gasteiger partial charge is 0.255 e. The summed E-state index contributed by atoms with van der Waals surface area (Å²) in [6.07, 6.45) is 0. The summed E-state index contributed by atoms with van der Waals surface area (Å²) in [5.74, 6) is -0.334. The lowest BCUT2D eigenvalue weighted by Gasteiger charge is -2.11. The molecule has 6 heteroatoms. The Morgan fingerprint density at radius 3 is 2.17 bits per heavy atom. The van der Waals surface area contributed by atoms with Gasteiger partial charge in [0.25, 0.3) is 5.91 Å². The van der Waals surface area contributed by atoms with E-state index in [1.54, 1.807) is 13.0 Å². The molecule has 0 heterocycles. The number of sulfonamides is 1. The Bertz CT molecular complexity index is 858. The van der Waals surface area contributed by atoms with Gasteiger partial charge < -0.3 is 5.32 Å². The Kier molecular flexibility index (Phi) is 4.87. The van der Waals surface area contributed by atoms with Gasteiger partial charge in [0.2, 0.25) is 10.0 Å². The average molecular weight is 332 g/mol. The van der Waals surface area contributed by atoms with E-state index in [1.165, 1.54) is 19.2 Å². The van der Waals surface area contributed by atoms with Gasteiger partial charge in [-0.05, 0) is 68.8 Å². The van der Waals surface area contributed by atoms with Gasteiger partial charge in [0.1, 0.15) is 0 Å². The van der Waals surface area contributed by atoms with Crippen molar-refractivity contribution in [3.05, 3.63) is 58.7 Å². The molecule has 0 saturated heterocycles. The SMILES string of the molecule is CNS(=O)(=O)c1ccc(C)c(C(=O)Nc2ccc(C)c(C)c2)c1. The van der Waals surface area contributed by atoms with E-state index in [0.717, 1.165) is 11.1 Å². The van der Waals surface area contributed by atoms with Crippen LogP contribution in [0.3, 0.4) is 0 Å². The van der Waals surface area contributed by atoms with Crippen molar-refractivity contribution in [2.45, 2.75) is 25.7 Å². The molecule has 122 valence electrons. The number of benzene rings is 2. The van der Waals surface area contributed by atoms with Gasteiger partial charge in [0, 0.05) is 11.3 Å². The number of hydrogen-bond donors (Lipinski definition) is 2. The zero-order valence-corrected chi connectivity index (χ0v) is 14.4. The topological polar surface area (TPSA) is 75.3 Å². The summed E-state index contributed by atoms with van der Waals surface area (Å²) in [6, 6.07) is 10.1. The zero-order valence-electron chi connectivity index (χ0n) is 13.6. The Morgan fingerprint density at radius 2 is 1.57 bits per heavy atom. The van der Waals surface area contributed by atoms with E-state index in [4.69, 9.17) is 0 Å². The van der Waals surface area contributed by atoms with Crippen molar-refractivity contribution in [1.29, 1.82) is 0 Å². The van der Waals surface area contributed by atoms with Crippen LogP contribution in [0.25, 0.3) is 0 Å². The molecule has 0 saturated carbocycles. The summed E-state index contributed by atoms with van der Waals surface area (Å²) in [4.78, 5) is 12.5. The number of anilines is 1. The summed E-state index contributed by atoms with van der Waals surface area (Å²) in [6.45, 7) is 5.73. The molecule has 0 fully saturated rings. The predicted molar refractivity (Wildman–Crippen MR) is 91.3 cm³/mol. The molecule has 0 spiro atoms. The van der Waals surface area contributed by atoms with E-state index in [0.29, 0.717) is 16.8 Å². The van der Waals surface area contributed by atoms with Crippen molar-refractivity contribution in [1.82, 2.24) is 4.72 Å². The molecule has 0 radical (unpaired) electrons. The highest BCUT2D eigenvalue weighted by Crippen LogP contribution is 2.19. The first-order chi connectivity index (χ1) is 10.7. The van der Waals surface area contributed by atoms with Crippen molar-refractivity contribution < 1.29 is 13.2 Å². The van der Waals surface area contributed by atoms with Crippen LogP contribution in [0.15, 0.2) is 41.3 Å². The number of rotatable bonds is 4. The average Bonchev–Trinajstić information content (AvgIpc) is 2.51. The Labute approximate surface area is 136 Å². The first-order valence-electron chi connectivity index (χ1n) is 7.17. The molecule has 0 aliphatic heterocycles. The molecule has 0 bridgehead atoms. The first kappa shape index (κ1) is 17.2. The number of amides is 1. The van der Waals surface area contributed by atoms with Crippen LogP contribution >= 0.6 is 0 Å². The highest BCUT2D eigenvalue weighted by molar-refractivity contribution is 7.89. The van der Waals surface area contributed by atoms with E-state index >= 15 is 0 Å². The molecular formula is C17H20N2O3S. The number of carbonyl (C=O) groups is 1. The van der Waals surface area contributed by atoms with E-state index < -0.39 is 10.0 Å². The van der Waals surface area contributed by atoms with E-state index in [-0.39, 0.29) is 10.8 Å². The van der Waals surface area contributed by atoms with Gasteiger partial charge in [-0.3, -0.25) is 4.79 Å². The van der Waals surface area contributed by atoms with E-state index in [1.807, 2.05) is 32.0 Å². The molecule has 2 aromatic rings. The molecule has 0 aromatic heterocycles. The lowest BCUT2D eigenvalue weighted by Crippen LogP contribution is -2.20. The number of carbonyl (C=O) groups excluding carboxylic acids is 1. The lowest BCUT2D eigenvalue weighted by atomic mass is 10.1. The van der Waals surface area contributed by atoms with Crippen LogP contribution in [0.4, 0.5) is 5.69 Å². The fraction of sp³-hybridized carbons (Fsp3) is 0.235. The molecule has 2 N–H and O–H groups in total. The van der Waals surface area contributed by atoms with Crippen LogP contribution in [0.1, 0.15) is 27.0 Å². The van der Waals surface area contributed by atoms with E-state index in [9.17, 15) is 13.2 Å². The standard InChI is InChI=1S/C17H20N2O3S/c1-11-5-7-14(9-13(11)3)19-17(20)16-10-15(8-6-12(16)2)23(21,22)18-4/h5-10,18H,1-4H3,(H,19,20). The van der Waals surface area contributed by atoms with Crippen LogP contribution in [-0.2, 0) is 10.0 Å². The molecule has 2 rings (SSSR count). The summed E-state index contributed by atoms with van der Waals surface area (Å²) in [7, 11) is -2.25. The van der Waals surface area contributed by atoms with Crippen molar-refractivity contribution in [3.63, 3.8) is 0 Å². The normalized spacial score (nSPS) is 11.3. The fourth-order valence-corrected chi connectivity index (χ4v) is 2.90. The van der Waals surface area contributed by atoms with Crippen LogP contribution in [0.2, 0.25) is 0 Å². The second-order valence-corrected chi connectivity index (χ2v) is 7.32. The van der Waals surface area contributed by atoms with Gasteiger partial charge in [0.05, 0.1) is 4.90 Å². The van der Waals surface area contributed by atoms with Gasteiger partial charge in [0.15, 0.2) is 0 Å². The lowest BCUT2D eigenvalue weighted by molar-refractivity contribution is 0.102. The number of aryl methyl sites for hydroxylation is 3. The van der Waals surface area contributed by atoms with Gasteiger partial charge in [-0.15, -0.1) is 0 Å². The molecule has 0 atom stereocenters. The van der Waals surface area contributed by atoms with Crippen LogP contribution in [0, 0.1) is 20.8 Å². The predicted octanol–water partition coefficient (Wildman–Crippen LogP) is 2.77. The van der Waals surface area contributed by atoms with Crippen LogP contribution in [-0.4, -0.2) is 21.4 Å². The second-order valence-electron chi connectivity index (χ2n) is 5.44. The van der Waals surface area contributed by atoms with Crippen molar-refractivity contribution >= 4 is 21.6 Å². The minimum atomic E-state index is -3.59. The minimum absolute atomic E-state index is 0.0656. The fourth-order valence-electron chi connectivity index (χ4n) is 2.15. The van der Waals surface area contributed by atoms with Gasteiger partial charge >= 0.3 is 0 Å². The highest BCUT2D eigenvalue weighted by Gasteiger charge is 2.16. The summed E-state index contributed by atoms with van der Waals surface area (Å²) in [5, 5.41) is 2.81. The maximum atomic E-state index is 12.5. The third-order valence-corrected chi connectivity index (χ3v) is 5.21. The quantitative estimate of drug-likeness (QED) is 0.904. The largest absolute Gasteiger partial charge is 0.322 e. The third kappa shape index (κ3) is 3.78. The third-order valence-electron chi connectivity index (χ3n) is 3.80. The van der Waals surface area contributed by atoms with E-state index in [2.05, 4.69) is 10.0 Å². The maximum absolute atomic E-state index is 12.5. The molecule has 0 aliphatic rings. The second kappa shape index (κ2) is 6.52. The molecule has 2 aromatic carbocycles. The number of hydrogen-bond acceptors (Lipinski definition) is 3. The molecule has 0 unspecified atom stereocenters. The van der Waals surface area contributed by atoms with Gasteiger partial charge in [-0.2, -0.15) is 0 Å². The molecule has 5 nitrogen and oxygen atoms in total. The van der Waals surface area contributed by atoms with Crippen molar-refractivity contribution in [2.24, 2.45) is 0 Å². The first-order valence-corrected chi connectivity index (χ1v) is 8.65. The van der Waals surface area contributed by atoms with Crippen molar-refractivity contribution in [3.8, 4) is 0 Å². The minimum Gasteiger partial charge on any atom is -0.322 e. The summed E-state index contributed by atoms with van der Waals surface area (Å²) >= 11 is 0. The monoisotopic (exact) mass is 332 g/mol. The Balaban J connectivity index is 2.35. The summed E-state index contributed by atoms with van der Waals surface area (Å²) in [5.41, 5.74) is 3.94. The highest BCUT2D eigenvalue weighted by atomic mass is 32.2. The van der Waals surface area contributed by atoms with Crippen LogP contribution < -0.4 is 10.0 Å². The van der Waals surface area contributed by atoms with Crippen LogP contribution in [0.5, 0.6) is 0 Å². The van der Waals surface area contributed by atoms with Crippen molar-refractivity contribution in [2.75, 3.05) is 12.4 Å². The number of nitrogens with one attached hydrogen (secondary N) is 2. The van der Waals surface area contributed by atoms with Gasteiger partial charge in [-0.25, -0.2) is 13.1 Å². The zero-order chi connectivity index (χ0) is 17.2. The Morgan fingerprint density at radius 1 is 0.913 bits per heavy atom. The Hall–Kier alpha value is -2.18. The molecule has 23 heavy (non-hydrogen) atoms. The summed E-state index contributed by atoms with van der Waals surface area (Å²) < 4.78 is 26.0. The molecular weight excluding hydrogens is 312 g/mol. The molecule has 1 amide bonds.